The molecule has 3 rings (SSSR count). The Morgan fingerprint density at radius 2 is 1.79 bits per heavy atom. The van der Waals surface area contributed by atoms with Gasteiger partial charge in [-0.15, -0.1) is 0 Å². The fraction of sp³-hybridized carbons (Fsp3) is 0.538. The van der Waals surface area contributed by atoms with Gasteiger partial charge in [0.25, 0.3) is 0 Å². The van der Waals surface area contributed by atoms with Crippen LogP contribution in [0, 0.1) is 5.92 Å². The highest BCUT2D eigenvalue weighted by Gasteiger charge is 2.29. The van der Waals surface area contributed by atoms with Crippen LogP contribution in [0.15, 0.2) is 24.3 Å². The Bertz CT molecular complexity index is 301. The summed E-state index contributed by atoms with van der Waals surface area (Å²) in [7, 11) is 0. The summed E-state index contributed by atoms with van der Waals surface area (Å²) < 4.78 is 0. The minimum absolute atomic E-state index is 0.794. The van der Waals surface area contributed by atoms with Gasteiger partial charge in [0.1, 0.15) is 0 Å². The molecule has 1 aromatic rings. The van der Waals surface area contributed by atoms with E-state index >= 15 is 0 Å². The van der Waals surface area contributed by atoms with Gasteiger partial charge in [0.05, 0.1) is 0 Å². The van der Waals surface area contributed by atoms with E-state index in [1.54, 1.807) is 11.1 Å². The van der Waals surface area contributed by atoms with Crippen molar-refractivity contribution in [1.29, 1.82) is 0 Å². The number of hydrogen-bond acceptors (Lipinski definition) is 1. The first kappa shape index (κ1) is 8.49. The van der Waals surface area contributed by atoms with Gasteiger partial charge in [-0.2, -0.15) is 0 Å². The second-order valence-electron chi connectivity index (χ2n) is 4.64. The van der Waals surface area contributed by atoms with Gasteiger partial charge >= 0.3 is 0 Å². The lowest BCUT2D eigenvalue weighted by molar-refractivity contribution is 0.406. The maximum atomic E-state index is 3.63. The molecule has 14 heavy (non-hydrogen) atoms. The molecule has 1 atom stereocenters. The molecule has 2 aliphatic rings. The second-order valence-corrected chi connectivity index (χ2v) is 4.64. The summed E-state index contributed by atoms with van der Waals surface area (Å²) in [5, 5.41) is 3.63. The first-order valence-electron chi connectivity index (χ1n) is 5.73. The van der Waals surface area contributed by atoms with Crippen LogP contribution in [0.25, 0.3) is 0 Å². The summed E-state index contributed by atoms with van der Waals surface area (Å²) >= 11 is 0. The summed E-state index contributed by atoms with van der Waals surface area (Å²) in [5.74, 6) is 0.870. The van der Waals surface area contributed by atoms with E-state index < -0.39 is 0 Å². The largest absolute Gasteiger partial charge is 0.314 e. The molecule has 1 N–H and O–H groups in total. The third kappa shape index (κ3) is 1.36. The third-order valence-corrected chi connectivity index (χ3v) is 3.75. The van der Waals surface area contributed by atoms with E-state index in [4.69, 9.17) is 0 Å². The van der Waals surface area contributed by atoms with Crippen molar-refractivity contribution in [3.05, 3.63) is 35.4 Å². The van der Waals surface area contributed by atoms with Gasteiger partial charge < -0.3 is 5.32 Å². The summed E-state index contributed by atoms with van der Waals surface area (Å²) in [6.07, 6.45) is 5.36. The third-order valence-electron chi connectivity index (χ3n) is 3.75. The summed E-state index contributed by atoms with van der Waals surface area (Å²) in [6.45, 7) is 1.23. The van der Waals surface area contributed by atoms with Crippen molar-refractivity contribution in [2.75, 3.05) is 6.54 Å². The van der Waals surface area contributed by atoms with Crippen LogP contribution in [0.2, 0.25) is 0 Å². The number of fused-ring (bicyclic) bond motifs is 1. The molecule has 1 saturated heterocycles. The smallest absolute Gasteiger partial charge is 0.0102 e. The Labute approximate surface area is 85.5 Å². The molecule has 0 spiro atoms. The summed E-state index contributed by atoms with van der Waals surface area (Å²) in [4.78, 5) is 0. The van der Waals surface area contributed by atoms with Crippen LogP contribution in [0.4, 0.5) is 0 Å². The molecule has 1 heterocycles. The number of hydrogen-bond donors (Lipinski definition) is 1. The van der Waals surface area contributed by atoms with Gasteiger partial charge in [0, 0.05) is 6.04 Å². The molecule has 1 nitrogen and oxygen atoms in total. The first-order valence-corrected chi connectivity index (χ1v) is 5.73. The average molecular weight is 187 g/mol. The molecule has 0 aromatic heterocycles. The summed E-state index contributed by atoms with van der Waals surface area (Å²) in [5.41, 5.74) is 3.18. The second kappa shape index (κ2) is 3.39. The highest BCUT2D eigenvalue weighted by molar-refractivity contribution is 5.32. The van der Waals surface area contributed by atoms with Crippen molar-refractivity contribution in [1.82, 2.24) is 5.32 Å². The minimum atomic E-state index is 0.794. The Hall–Kier alpha value is -0.820. The molecular weight excluding hydrogens is 170 g/mol. The maximum Gasteiger partial charge on any atom is 0.0102 e. The minimum Gasteiger partial charge on any atom is -0.314 e. The molecular formula is C13H17N. The molecule has 0 saturated carbocycles. The molecule has 1 aromatic carbocycles. The van der Waals surface area contributed by atoms with Gasteiger partial charge in [0.2, 0.25) is 0 Å². The number of nitrogens with one attached hydrogen (secondary N) is 1. The van der Waals surface area contributed by atoms with Gasteiger partial charge in [-0.1, -0.05) is 24.3 Å². The molecule has 0 radical (unpaired) electrons. The van der Waals surface area contributed by atoms with Crippen LogP contribution in [0.3, 0.4) is 0 Å². The Kier molecular flexibility index (Phi) is 2.06. The molecule has 0 bridgehead atoms. The fourth-order valence-corrected chi connectivity index (χ4v) is 2.99. The monoisotopic (exact) mass is 187 g/mol. The van der Waals surface area contributed by atoms with Crippen LogP contribution in [0.1, 0.15) is 24.0 Å². The van der Waals surface area contributed by atoms with Crippen molar-refractivity contribution in [2.24, 2.45) is 5.92 Å². The number of benzene rings is 1. The predicted octanol–water partition coefficient (Wildman–Crippen LogP) is 2.15. The van der Waals surface area contributed by atoms with E-state index in [0.717, 1.165) is 12.0 Å². The molecule has 0 unspecified atom stereocenters. The van der Waals surface area contributed by atoms with Gasteiger partial charge in [0.15, 0.2) is 0 Å². The van der Waals surface area contributed by atoms with Crippen LogP contribution in [0.5, 0.6) is 0 Å². The lowest BCUT2D eigenvalue weighted by Gasteiger charge is -2.17. The normalized spacial score (nSPS) is 26.7. The molecule has 1 aliphatic heterocycles. The first-order chi connectivity index (χ1) is 6.93. The lowest BCUT2D eigenvalue weighted by atomic mass is 9.95. The van der Waals surface area contributed by atoms with Crippen molar-refractivity contribution in [2.45, 2.75) is 31.7 Å². The van der Waals surface area contributed by atoms with E-state index in [1.165, 1.54) is 32.2 Å². The highest BCUT2D eigenvalue weighted by Crippen LogP contribution is 2.31. The SMILES string of the molecule is c1ccc2c(c1)CC([C@@H]1CCCN1)C2. The Balaban J connectivity index is 1.77. The van der Waals surface area contributed by atoms with Crippen molar-refractivity contribution >= 4 is 0 Å². The van der Waals surface area contributed by atoms with Crippen LogP contribution in [-0.4, -0.2) is 12.6 Å². The summed E-state index contributed by atoms with van der Waals surface area (Å²) in [6, 6.07) is 9.73. The van der Waals surface area contributed by atoms with Crippen molar-refractivity contribution in [3.8, 4) is 0 Å². The van der Waals surface area contributed by atoms with E-state index in [0.29, 0.717) is 0 Å². The fourth-order valence-electron chi connectivity index (χ4n) is 2.99. The van der Waals surface area contributed by atoms with E-state index in [9.17, 15) is 0 Å². The van der Waals surface area contributed by atoms with Crippen molar-refractivity contribution < 1.29 is 0 Å². The van der Waals surface area contributed by atoms with Crippen LogP contribution >= 0.6 is 0 Å². The van der Waals surface area contributed by atoms with Crippen LogP contribution < -0.4 is 5.32 Å². The lowest BCUT2D eigenvalue weighted by Crippen LogP contribution is -2.30. The zero-order chi connectivity index (χ0) is 9.38. The number of rotatable bonds is 1. The van der Waals surface area contributed by atoms with Crippen LogP contribution in [-0.2, 0) is 12.8 Å². The maximum absolute atomic E-state index is 3.63. The van der Waals surface area contributed by atoms with Gasteiger partial charge in [-0.3, -0.25) is 0 Å². The average Bonchev–Trinajstić information content (AvgIpc) is 2.86. The molecule has 1 aliphatic carbocycles. The highest BCUT2D eigenvalue weighted by atomic mass is 14.9. The molecule has 0 amide bonds. The van der Waals surface area contributed by atoms with E-state index in [-0.39, 0.29) is 0 Å². The quantitative estimate of drug-likeness (QED) is 0.710. The van der Waals surface area contributed by atoms with Gasteiger partial charge in [-0.25, -0.2) is 0 Å². The molecule has 74 valence electrons. The Morgan fingerprint density at radius 3 is 2.36 bits per heavy atom. The zero-order valence-corrected chi connectivity index (χ0v) is 8.50. The van der Waals surface area contributed by atoms with Crippen molar-refractivity contribution in [3.63, 3.8) is 0 Å². The zero-order valence-electron chi connectivity index (χ0n) is 8.50. The predicted molar refractivity (Wildman–Crippen MR) is 58.4 cm³/mol. The Morgan fingerprint density at radius 1 is 1.07 bits per heavy atom. The topological polar surface area (TPSA) is 12.0 Å². The standard InChI is InChI=1S/C13H17N/c1-2-5-11-9-12(8-10(11)4-1)13-6-3-7-14-13/h1-2,4-5,12-14H,3,6-9H2/t13-/m0/s1. The van der Waals surface area contributed by atoms with E-state index in [1.807, 2.05) is 0 Å². The molecule has 1 heteroatoms. The molecule has 1 fully saturated rings. The van der Waals surface area contributed by atoms with E-state index in [2.05, 4.69) is 29.6 Å². The van der Waals surface area contributed by atoms with Gasteiger partial charge in [-0.05, 0) is 49.3 Å².